The molecule has 2 amide bonds. The molecular weight excluding hydrogens is 344 g/mol. The van der Waals surface area contributed by atoms with Gasteiger partial charge in [-0.05, 0) is 55.9 Å². The lowest BCUT2D eigenvalue weighted by molar-refractivity contribution is -0.132. The zero-order valence-electron chi connectivity index (χ0n) is 14.5. The van der Waals surface area contributed by atoms with Crippen molar-refractivity contribution < 1.29 is 23.6 Å². The Balaban J connectivity index is 2.88. The van der Waals surface area contributed by atoms with Crippen molar-refractivity contribution >= 4 is 11.8 Å². The molecule has 0 aliphatic carbocycles. The first kappa shape index (κ1) is 21.1. The first-order valence-electron chi connectivity index (χ1n) is 7.49. The molecule has 26 heavy (non-hydrogen) atoms. The fourth-order valence-corrected chi connectivity index (χ4v) is 1.82. The van der Waals surface area contributed by atoms with Crippen LogP contribution in [0.2, 0.25) is 0 Å². The molecule has 0 bridgehead atoms. The summed E-state index contributed by atoms with van der Waals surface area (Å²) in [5.41, 5.74) is 6.87. The minimum Gasteiger partial charge on any atom is -0.338 e. The number of carbonyl (C=O) groups is 2. The van der Waals surface area contributed by atoms with Crippen LogP contribution in [0.4, 0.5) is 8.78 Å². The summed E-state index contributed by atoms with van der Waals surface area (Å²) in [7, 11) is 0. The number of amides is 2. The van der Waals surface area contributed by atoms with Crippen LogP contribution in [0.5, 0.6) is 0 Å². The van der Waals surface area contributed by atoms with Gasteiger partial charge in [-0.25, -0.2) is 5.48 Å². The van der Waals surface area contributed by atoms with Crippen molar-refractivity contribution in [2.75, 3.05) is 0 Å². The van der Waals surface area contributed by atoms with Crippen LogP contribution < -0.4 is 16.5 Å². The highest BCUT2D eigenvalue weighted by Gasteiger charge is 2.33. The Morgan fingerprint density at radius 3 is 2.19 bits per heavy atom. The molecular formula is C18H19F2N3O3. The van der Waals surface area contributed by atoms with Crippen LogP contribution in [0.15, 0.2) is 24.3 Å². The third-order valence-electron chi connectivity index (χ3n) is 3.09. The minimum absolute atomic E-state index is 0.224. The number of rotatable bonds is 4. The second-order valence-corrected chi connectivity index (χ2v) is 6.17. The molecule has 0 saturated carbocycles. The molecule has 0 saturated heterocycles. The van der Waals surface area contributed by atoms with Crippen molar-refractivity contribution in [3.05, 3.63) is 35.4 Å². The number of nitrogens with one attached hydrogen (secondary N) is 2. The summed E-state index contributed by atoms with van der Waals surface area (Å²) in [6.45, 7) is 3.71. The predicted octanol–water partition coefficient (Wildman–Crippen LogP) is 1.04. The maximum Gasteiger partial charge on any atom is 0.306 e. The van der Waals surface area contributed by atoms with E-state index in [9.17, 15) is 18.4 Å². The van der Waals surface area contributed by atoms with Gasteiger partial charge in [-0.3, -0.25) is 14.8 Å². The summed E-state index contributed by atoms with van der Waals surface area (Å²) < 4.78 is 25.0. The lowest BCUT2D eigenvalue weighted by Gasteiger charge is -2.29. The Labute approximate surface area is 150 Å². The molecule has 1 rings (SSSR count). The van der Waals surface area contributed by atoms with Crippen molar-refractivity contribution in [3.63, 3.8) is 0 Å². The van der Waals surface area contributed by atoms with E-state index in [4.69, 9.17) is 10.9 Å². The molecule has 0 unspecified atom stereocenters. The van der Waals surface area contributed by atoms with Crippen LogP contribution in [0.3, 0.4) is 0 Å². The Morgan fingerprint density at radius 1 is 1.15 bits per heavy atom. The third kappa shape index (κ3) is 6.89. The van der Waals surface area contributed by atoms with E-state index in [2.05, 4.69) is 23.1 Å². The second-order valence-electron chi connectivity index (χ2n) is 6.17. The van der Waals surface area contributed by atoms with E-state index in [-0.39, 0.29) is 5.56 Å². The van der Waals surface area contributed by atoms with Crippen LogP contribution in [0, 0.1) is 23.7 Å². The summed E-state index contributed by atoms with van der Waals surface area (Å²) in [6.07, 6.45) is 0. The van der Waals surface area contributed by atoms with Crippen molar-refractivity contribution in [2.24, 2.45) is 5.73 Å². The van der Waals surface area contributed by atoms with Crippen LogP contribution in [-0.2, 0) is 4.79 Å². The molecule has 138 valence electrons. The maximum absolute atomic E-state index is 12.5. The molecule has 0 aliphatic rings. The zero-order valence-corrected chi connectivity index (χ0v) is 14.5. The lowest BCUT2D eigenvalue weighted by atomic mass is 9.95. The van der Waals surface area contributed by atoms with E-state index in [1.807, 2.05) is 0 Å². The first-order valence-corrected chi connectivity index (χ1v) is 7.49. The largest absolute Gasteiger partial charge is 0.338 e. The van der Waals surface area contributed by atoms with Gasteiger partial charge in [0, 0.05) is 23.6 Å². The fraction of sp³-hybridized carbons (Fsp3) is 0.333. The van der Waals surface area contributed by atoms with E-state index >= 15 is 0 Å². The molecule has 1 atom stereocenters. The highest BCUT2D eigenvalue weighted by Crippen LogP contribution is 2.09. The van der Waals surface area contributed by atoms with Gasteiger partial charge >= 0.3 is 5.92 Å². The number of halogens is 2. The SMILES string of the molecule is CC(F)(F)C#CC#Cc1ccc(C(=O)N[C@H](C(=O)NO)C(C)(C)N)cc1. The normalized spacial score (nSPS) is 12.0. The first-order chi connectivity index (χ1) is 11.9. The topological polar surface area (TPSA) is 104 Å². The summed E-state index contributed by atoms with van der Waals surface area (Å²) in [5.74, 6) is 4.06. The Hall–Kier alpha value is -2.94. The number of benzene rings is 1. The number of hydroxylamine groups is 1. The van der Waals surface area contributed by atoms with Crippen LogP contribution >= 0.6 is 0 Å². The number of hydrogen-bond donors (Lipinski definition) is 4. The molecule has 0 spiro atoms. The van der Waals surface area contributed by atoms with E-state index < -0.39 is 29.3 Å². The van der Waals surface area contributed by atoms with Gasteiger partial charge in [-0.1, -0.05) is 5.92 Å². The summed E-state index contributed by atoms with van der Waals surface area (Å²) in [6, 6.07) is 4.73. The highest BCUT2D eigenvalue weighted by atomic mass is 19.3. The van der Waals surface area contributed by atoms with Crippen molar-refractivity contribution in [1.82, 2.24) is 10.8 Å². The predicted molar refractivity (Wildman–Crippen MR) is 91.2 cm³/mol. The molecule has 0 radical (unpaired) electrons. The molecule has 0 aromatic heterocycles. The van der Waals surface area contributed by atoms with E-state index in [1.165, 1.54) is 43.6 Å². The maximum atomic E-state index is 12.5. The van der Waals surface area contributed by atoms with Gasteiger partial charge in [-0.2, -0.15) is 8.78 Å². The summed E-state index contributed by atoms with van der Waals surface area (Å²) >= 11 is 0. The van der Waals surface area contributed by atoms with E-state index in [1.54, 1.807) is 5.92 Å². The molecule has 8 heteroatoms. The quantitative estimate of drug-likeness (QED) is 0.364. The minimum atomic E-state index is -3.11. The lowest BCUT2D eigenvalue weighted by Crippen LogP contribution is -2.61. The highest BCUT2D eigenvalue weighted by molar-refractivity contribution is 5.97. The van der Waals surface area contributed by atoms with Crippen molar-refractivity contribution in [2.45, 2.75) is 38.3 Å². The van der Waals surface area contributed by atoms with Gasteiger partial charge < -0.3 is 11.1 Å². The van der Waals surface area contributed by atoms with Gasteiger partial charge in [-0.15, -0.1) is 0 Å². The summed E-state index contributed by atoms with van der Waals surface area (Å²) in [5, 5.41) is 11.2. The number of hydrogen-bond acceptors (Lipinski definition) is 4. The van der Waals surface area contributed by atoms with Gasteiger partial charge in [0.25, 0.3) is 11.8 Å². The van der Waals surface area contributed by atoms with Crippen LogP contribution in [0.1, 0.15) is 36.7 Å². The van der Waals surface area contributed by atoms with E-state index in [0.717, 1.165) is 0 Å². The Bertz CT molecular complexity index is 786. The molecule has 0 heterocycles. The van der Waals surface area contributed by atoms with Crippen LogP contribution in [-0.4, -0.2) is 34.5 Å². The van der Waals surface area contributed by atoms with Gasteiger partial charge in [0.1, 0.15) is 6.04 Å². The molecule has 0 fully saturated rings. The fourth-order valence-electron chi connectivity index (χ4n) is 1.82. The third-order valence-corrected chi connectivity index (χ3v) is 3.09. The second kappa shape index (κ2) is 8.43. The average molecular weight is 363 g/mol. The van der Waals surface area contributed by atoms with Crippen molar-refractivity contribution in [1.29, 1.82) is 0 Å². The molecule has 1 aromatic carbocycles. The number of nitrogens with two attached hydrogens (primary N) is 1. The van der Waals surface area contributed by atoms with Gasteiger partial charge in [0.2, 0.25) is 0 Å². The average Bonchev–Trinajstić information content (AvgIpc) is 2.54. The Morgan fingerprint density at radius 2 is 1.73 bits per heavy atom. The number of carbonyl (C=O) groups excluding carboxylic acids is 2. The molecule has 0 aliphatic heterocycles. The van der Waals surface area contributed by atoms with Crippen LogP contribution in [0.25, 0.3) is 0 Å². The van der Waals surface area contributed by atoms with Gasteiger partial charge in [0.15, 0.2) is 0 Å². The monoisotopic (exact) mass is 363 g/mol. The molecule has 6 nitrogen and oxygen atoms in total. The summed E-state index contributed by atoms with van der Waals surface area (Å²) in [4.78, 5) is 23.9. The standard InChI is InChI=1S/C18H19F2N3O3/c1-17(2,21)14(16(25)23-26)22-15(24)13-9-7-12(8-10-13)6-4-5-11-18(3,19)20/h7-10,14,26H,21H2,1-3H3,(H,22,24)(H,23,25)/t14-/m1/s1. The molecule has 5 N–H and O–H groups in total. The van der Waals surface area contributed by atoms with Crippen molar-refractivity contribution in [3.8, 4) is 23.7 Å². The smallest absolute Gasteiger partial charge is 0.306 e. The zero-order chi connectivity index (χ0) is 20.0. The molecule has 1 aromatic rings. The van der Waals surface area contributed by atoms with E-state index in [0.29, 0.717) is 12.5 Å². The Kier molecular flexibility index (Phi) is 6.85. The number of alkyl halides is 2. The van der Waals surface area contributed by atoms with Gasteiger partial charge in [0.05, 0.1) is 0 Å².